The number of rotatable bonds is 2. The average Bonchev–Trinajstić information content (AvgIpc) is 1.96. The second-order valence-electron chi connectivity index (χ2n) is 2.61. The molecule has 0 aromatic carbocycles. The second kappa shape index (κ2) is 3.97. The minimum absolute atomic E-state index is 0.115. The van der Waals surface area contributed by atoms with Crippen molar-refractivity contribution in [2.75, 3.05) is 0 Å². The molecule has 0 saturated heterocycles. The molecule has 2 nitrogen and oxygen atoms in total. The number of halogens is 2. The SMILES string of the molecule is CC(C)Oc1cnc(Cl)c(Cl)c1. The van der Waals surface area contributed by atoms with Crippen LogP contribution in [0.1, 0.15) is 13.8 Å². The topological polar surface area (TPSA) is 22.1 Å². The van der Waals surface area contributed by atoms with Crippen molar-refractivity contribution in [1.29, 1.82) is 0 Å². The molecule has 0 radical (unpaired) electrons. The maximum absolute atomic E-state index is 5.72. The zero-order chi connectivity index (χ0) is 9.14. The van der Waals surface area contributed by atoms with E-state index in [-0.39, 0.29) is 6.10 Å². The standard InChI is InChI=1S/C8H9Cl2NO/c1-5(2)12-6-3-7(9)8(10)11-4-6/h3-5H,1-2H3. The molecule has 1 heterocycles. The van der Waals surface area contributed by atoms with Crippen LogP contribution in [0.15, 0.2) is 12.3 Å². The number of ether oxygens (including phenoxy) is 1. The third-order valence-corrected chi connectivity index (χ3v) is 1.83. The minimum atomic E-state index is 0.115. The maximum Gasteiger partial charge on any atom is 0.147 e. The van der Waals surface area contributed by atoms with E-state index in [2.05, 4.69) is 4.98 Å². The Hall–Kier alpha value is -0.470. The molecule has 0 amide bonds. The molecule has 0 saturated carbocycles. The van der Waals surface area contributed by atoms with E-state index < -0.39 is 0 Å². The van der Waals surface area contributed by atoms with Crippen LogP contribution in [0.5, 0.6) is 5.75 Å². The molecule has 0 N–H and O–H groups in total. The summed E-state index contributed by atoms with van der Waals surface area (Å²) in [4.78, 5) is 3.84. The molecule has 12 heavy (non-hydrogen) atoms. The van der Waals surface area contributed by atoms with E-state index in [1.54, 1.807) is 12.3 Å². The molecular weight excluding hydrogens is 197 g/mol. The number of hydrogen-bond acceptors (Lipinski definition) is 2. The first-order valence-electron chi connectivity index (χ1n) is 3.57. The number of nitrogens with zero attached hydrogens (tertiary/aromatic N) is 1. The van der Waals surface area contributed by atoms with E-state index in [0.29, 0.717) is 15.9 Å². The van der Waals surface area contributed by atoms with Crippen molar-refractivity contribution in [3.05, 3.63) is 22.4 Å². The summed E-state index contributed by atoms with van der Waals surface area (Å²) in [5.74, 6) is 0.638. The number of hydrogen-bond donors (Lipinski definition) is 0. The Morgan fingerprint density at radius 1 is 1.42 bits per heavy atom. The molecule has 0 atom stereocenters. The van der Waals surface area contributed by atoms with Gasteiger partial charge >= 0.3 is 0 Å². The van der Waals surface area contributed by atoms with Gasteiger partial charge in [-0.1, -0.05) is 23.2 Å². The van der Waals surface area contributed by atoms with Crippen molar-refractivity contribution in [1.82, 2.24) is 4.98 Å². The number of pyridine rings is 1. The van der Waals surface area contributed by atoms with Crippen LogP contribution in [0.4, 0.5) is 0 Å². The van der Waals surface area contributed by atoms with E-state index in [1.807, 2.05) is 13.8 Å². The van der Waals surface area contributed by atoms with Gasteiger partial charge in [0.2, 0.25) is 0 Å². The quantitative estimate of drug-likeness (QED) is 0.693. The van der Waals surface area contributed by atoms with E-state index in [9.17, 15) is 0 Å². The van der Waals surface area contributed by atoms with Gasteiger partial charge in [-0.25, -0.2) is 4.98 Å². The normalized spacial score (nSPS) is 10.4. The van der Waals surface area contributed by atoms with Crippen molar-refractivity contribution in [2.24, 2.45) is 0 Å². The van der Waals surface area contributed by atoms with E-state index in [1.165, 1.54) is 0 Å². The molecule has 0 fully saturated rings. The highest BCUT2D eigenvalue weighted by molar-refractivity contribution is 6.41. The minimum Gasteiger partial charge on any atom is -0.489 e. The average molecular weight is 206 g/mol. The van der Waals surface area contributed by atoms with Gasteiger partial charge in [-0.05, 0) is 13.8 Å². The van der Waals surface area contributed by atoms with Crippen molar-refractivity contribution in [3.8, 4) is 5.75 Å². The predicted octanol–water partition coefficient (Wildman–Crippen LogP) is 3.18. The monoisotopic (exact) mass is 205 g/mol. The summed E-state index contributed by atoms with van der Waals surface area (Å²) in [5.41, 5.74) is 0. The van der Waals surface area contributed by atoms with Gasteiger partial charge in [0.1, 0.15) is 10.9 Å². The third-order valence-electron chi connectivity index (χ3n) is 1.14. The van der Waals surface area contributed by atoms with Gasteiger partial charge in [-0.2, -0.15) is 0 Å². The van der Waals surface area contributed by atoms with Gasteiger partial charge in [0, 0.05) is 6.07 Å². The highest BCUT2D eigenvalue weighted by Crippen LogP contribution is 2.23. The summed E-state index contributed by atoms with van der Waals surface area (Å²) in [6, 6.07) is 1.65. The van der Waals surface area contributed by atoms with E-state index in [4.69, 9.17) is 27.9 Å². The lowest BCUT2D eigenvalue weighted by molar-refractivity contribution is 0.241. The first-order valence-corrected chi connectivity index (χ1v) is 4.33. The third kappa shape index (κ3) is 2.54. The number of aromatic nitrogens is 1. The fraction of sp³-hybridized carbons (Fsp3) is 0.375. The van der Waals surface area contributed by atoms with Crippen LogP contribution in [-0.4, -0.2) is 11.1 Å². The molecule has 1 rings (SSSR count). The Morgan fingerprint density at radius 2 is 2.08 bits per heavy atom. The van der Waals surface area contributed by atoms with Crippen LogP contribution >= 0.6 is 23.2 Å². The fourth-order valence-electron chi connectivity index (χ4n) is 0.740. The lowest BCUT2D eigenvalue weighted by atomic mass is 10.4. The highest BCUT2D eigenvalue weighted by atomic mass is 35.5. The van der Waals surface area contributed by atoms with Crippen LogP contribution in [-0.2, 0) is 0 Å². The summed E-state index contributed by atoms with van der Waals surface area (Å²) in [5, 5.41) is 0.711. The molecule has 0 aliphatic heterocycles. The largest absolute Gasteiger partial charge is 0.489 e. The smallest absolute Gasteiger partial charge is 0.147 e. The lowest BCUT2D eigenvalue weighted by Crippen LogP contribution is -2.05. The first-order chi connectivity index (χ1) is 5.59. The maximum atomic E-state index is 5.72. The van der Waals surface area contributed by atoms with Crippen molar-refractivity contribution < 1.29 is 4.74 Å². The Morgan fingerprint density at radius 3 is 2.58 bits per heavy atom. The lowest BCUT2D eigenvalue weighted by Gasteiger charge is -2.08. The van der Waals surface area contributed by atoms with Gasteiger partial charge in [-0.3, -0.25) is 0 Å². The van der Waals surface area contributed by atoms with Crippen LogP contribution in [0.3, 0.4) is 0 Å². The van der Waals surface area contributed by atoms with Gasteiger partial charge in [-0.15, -0.1) is 0 Å². The van der Waals surface area contributed by atoms with Crippen LogP contribution in [0.2, 0.25) is 10.2 Å². The van der Waals surface area contributed by atoms with Gasteiger partial charge in [0.05, 0.1) is 17.3 Å². The summed E-state index contributed by atoms with van der Waals surface area (Å²) >= 11 is 11.3. The molecule has 0 bridgehead atoms. The molecule has 66 valence electrons. The Bertz CT molecular complexity index is 276. The van der Waals surface area contributed by atoms with Crippen LogP contribution in [0.25, 0.3) is 0 Å². The van der Waals surface area contributed by atoms with E-state index in [0.717, 1.165) is 0 Å². The summed E-state index contributed by atoms with van der Waals surface area (Å²) < 4.78 is 5.34. The first kappa shape index (κ1) is 9.62. The molecular formula is C8H9Cl2NO. The zero-order valence-electron chi connectivity index (χ0n) is 6.84. The van der Waals surface area contributed by atoms with Gasteiger partial charge in [0.25, 0.3) is 0 Å². The fourth-order valence-corrected chi connectivity index (χ4v) is 1.000. The molecule has 1 aromatic rings. The Kier molecular flexibility index (Phi) is 3.18. The van der Waals surface area contributed by atoms with Crippen molar-refractivity contribution in [3.63, 3.8) is 0 Å². The second-order valence-corrected chi connectivity index (χ2v) is 3.38. The summed E-state index contributed by atoms with van der Waals surface area (Å²) in [6.07, 6.45) is 1.66. The van der Waals surface area contributed by atoms with Gasteiger partial charge < -0.3 is 4.74 Å². The summed E-state index contributed by atoms with van der Waals surface area (Å²) in [7, 11) is 0. The molecule has 0 spiro atoms. The molecule has 1 aromatic heterocycles. The van der Waals surface area contributed by atoms with Crippen LogP contribution in [0, 0.1) is 0 Å². The molecule has 0 unspecified atom stereocenters. The summed E-state index contributed by atoms with van der Waals surface area (Å²) in [6.45, 7) is 3.87. The van der Waals surface area contributed by atoms with Crippen molar-refractivity contribution >= 4 is 23.2 Å². The predicted molar refractivity (Wildman–Crippen MR) is 50.0 cm³/mol. The Balaban J connectivity index is 2.82. The van der Waals surface area contributed by atoms with Gasteiger partial charge in [0.15, 0.2) is 0 Å². The molecule has 0 aliphatic carbocycles. The van der Waals surface area contributed by atoms with Crippen molar-refractivity contribution in [2.45, 2.75) is 20.0 Å². The molecule has 4 heteroatoms. The zero-order valence-corrected chi connectivity index (χ0v) is 8.36. The van der Waals surface area contributed by atoms with E-state index >= 15 is 0 Å². The highest BCUT2D eigenvalue weighted by Gasteiger charge is 2.02. The van der Waals surface area contributed by atoms with Crippen LogP contribution < -0.4 is 4.74 Å². The Labute approximate surface area is 81.5 Å². The molecule has 0 aliphatic rings.